The first-order chi connectivity index (χ1) is 8.70. The first-order valence-corrected chi connectivity index (χ1v) is 7.29. The molecule has 0 saturated carbocycles. The average Bonchev–Trinajstić information content (AvgIpc) is 2.73. The number of Topliss-reactive ketones (excluding diaryl/α,β-unsaturated/α-hetero) is 1. The van der Waals surface area contributed by atoms with Gasteiger partial charge in [0, 0.05) is 23.6 Å². The van der Waals surface area contributed by atoms with Gasteiger partial charge in [0.1, 0.15) is 5.78 Å². The Bertz CT molecular complexity index is 532. The summed E-state index contributed by atoms with van der Waals surface area (Å²) < 4.78 is 1.26. The third-order valence-electron chi connectivity index (χ3n) is 3.04. The van der Waals surface area contributed by atoms with E-state index in [1.165, 1.54) is 15.6 Å². The molecule has 2 aromatic rings. The molecular formula is C15H19NOS. The van der Waals surface area contributed by atoms with Crippen molar-refractivity contribution in [2.75, 3.05) is 6.54 Å². The van der Waals surface area contributed by atoms with E-state index in [-0.39, 0.29) is 6.04 Å². The molecule has 2 rings (SSSR count). The van der Waals surface area contributed by atoms with Crippen LogP contribution in [0.2, 0.25) is 0 Å². The lowest BCUT2D eigenvalue weighted by molar-refractivity contribution is -0.118. The third kappa shape index (κ3) is 3.18. The highest BCUT2D eigenvalue weighted by Crippen LogP contribution is 2.26. The summed E-state index contributed by atoms with van der Waals surface area (Å²) in [5.74, 6) is 0.312. The van der Waals surface area contributed by atoms with Gasteiger partial charge in [0.15, 0.2) is 0 Å². The molecule has 1 atom stereocenters. The Labute approximate surface area is 112 Å². The van der Waals surface area contributed by atoms with Crippen LogP contribution >= 0.6 is 11.3 Å². The SMILES string of the molecule is CCNC(C)CC(=O)Cc1csc2ccccc12. The smallest absolute Gasteiger partial charge is 0.138 e. The number of hydrogen-bond acceptors (Lipinski definition) is 3. The number of hydrogen-bond donors (Lipinski definition) is 1. The van der Waals surface area contributed by atoms with Crippen molar-refractivity contribution in [2.24, 2.45) is 0 Å². The number of carbonyl (C=O) groups is 1. The van der Waals surface area contributed by atoms with E-state index in [1.807, 2.05) is 12.1 Å². The summed E-state index contributed by atoms with van der Waals surface area (Å²) in [6, 6.07) is 8.55. The van der Waals surface area contributed by atoms with Gasteiger partial charge in [0.05, 0.1) is 0 Å². The summed E-state index contributed by atoms with van der Waals surface area (Å²) in [5, 5.41) is 6.62. The normalized spacial score (nSPS) is 12.8. The number of carbonyl (C=O) groups excluding carboxylic acids is 1. The second-order valence-electron chi connectivity index (χ2n) is 4.64. The van der Waals surface area contributed by atoms with E-state index in [1.54, 1.807) is 11.3 Å². The monoisotopic (exact) mass is 261 g/mol. The van der Waals surface area contributed by atoms with E-state index in [9.17, 15) is 4.79 Å². The van der Waals surface area contributed by atoms with Gasteiger partial charge in [-0.1, -0.05) is 25.1 Å². The van der Waals surface area contributed by atoms with Crippen LogP contribution < -0.4 is 5.32 Å². The lowest BCUT2D eigenvalue weighted by Crippen LogP contribution is -2.28. The van der Waals surface area contributed by atoms with Crippen molar-refractivity contribution in [2.45, 2.75) is 32.7 Å². The molecule has 96 valence electrons. The Morgan fingerprint density at radius 1 is 1.39 bits per heavy atom. The molecule has 1 aromatic carbocycles. The summed E-state index contributed by atoms with van der Waals surface area (Å²) in [6.45, 7) is 5.04. The molecule has 2 nitrogen and oxygen atoms in total. The van der Waals surface area contributed by atoms with Crippen LogP contribution in [0.1, 0.15) is 25.8 Å². The molecule has 0 spiro atoms. The van der Waals surface area contributed by atoms with Gasteiger partial charge in [-0.05, 0) is 35.9 Å². The van der Waals surface area contributed by atoms with E-state index in [0.717, 1.165) is 6.54 Å². The van der Waals surface area contributed by atoms with Crippen LogP contribution in [0, 0.1) is 0 Å². The Hall–Kier alpha value is -1.19. The molecule has 1 N–H and O–H groups in total. The lowest BCUT2D eigenvalue weighted by atomic mass is 10.0. The number of thiophene rings is 1. The maximum atomic E-state index is 12.0. The minimum absolute atomic E-state index is 0.271. The summed E-state index contributed by atoms with van der Waals surface area (Å²) >= 11 is 1.72. The molecule has 0 saturated heterocycles. The topological polar surface area (TPSA) is 29.1 Å². The first kappa shape index (κ1) is 13.2. The molecule has 3 heteroatoms. The minimum atomic E-state index is 0.271. The van der Waals surface area contributed by atoms with E-state index >= 15 is 0 Å². The van der Waals surface area contributed by atoms with Crippen LogP contribution in [-0.2, 0) is 11.2 Å². The quantitative estimate of drug-likeness (QED) is 0.863. The van der Waals surface area contributed by atoms with Crippen molar-refractivity contribution in [3.8, 4) is 0 Å². The highest BCUT2D eigenvalue weighted by Gasteiger charge is 2.11. The molecule has 0 bridgehead atoms. The maximum Gasteiger partial charge on any atom is 0.138 e. The van der Waals surface area contributed by atoms with E-state index < -0.39 is 0 Å². The first-order valence-electron chi connectivity index (χ1n) is 6.41. The molecule has 0 fully saturated rings. The number of benzene rings is 1. The molecule has 0 radical (unpaired) electrons. The molecular weight excluding hydrogens is 242 g/mol. The highest BCUT2D eigenvalue weighted by molar-refractivity contribution is 7.17. The van der Waals surface area contributed by atoms with Crippen molar-refractivity contribution in [1.29, 1.82) is 0 Å². The van der Waals surface area contributed by atoms with Gasteiger partial charge >= 0.3 is 0 Å². The fourth-order valence-electron chi connectivity index (χ4n) is 2.22. The van der Waals surface area contributed by atoms with Crippen LogP contribution in [0.3, 0.4) is 0 Å². The number of fused-ring (bicyclic) bond motifs is 1. The molecule has 0 amide bonds. The zero-order chi connectivity index (χ0) is 13.0. The molecule has 0 aliphatic rings. The second-order valence-corrected chi connectivity index (χ2v) is 5.55. The molecule has 0 aliphatic heterocycles. The van der Waals surface area contributed by atoms with Crippen LogP contribution in [0.15, 0.2) is 29.6 Å². The maximum absolute atomic E-state index is 12.0. The molecule has 0 aliphatic carbocycles. The predicted molar refractivity (Wildman–Crippen MR) is 78.3 cm³/mol. The number of ketones is 1. The number of nitrogens with one attached hydrogen (secondary N) is 1. The van der Waals surface area contributed by atoms with Crippen LogP contribution in [0.5, 0.6) is 0 Å². The largest absolute Gasteiger partial charge is 0.314 e. The average molecular weight is 261 g/mol. The fraction of sp³-hybridized carbons (Fsp3) is 0.400. The van der Waals surface area contributed by atoms with Gasteiger partial charge < -0.3 is 5.32 Å². The summed E-state index contributed by atoms with van der Waals surface area (Å²) in [4.78, 5) is 12.0. The summed E-state index contributed by atoms with van der Waals surface area (Å²) in [5.41, 5.74) is 1.17. The van der Waals surface area contributed by atoms with Gasteiger partial charge in [-0.2, -0.15) is 0 Å². The fourth-order valence-corrected chi connectivity index (χ4v) is 3.18. The lowest BCUT2D eigenvalue weighted by Gasteiger charge is -2.10. The second kappa shape index (κ2) is 6.12. The highest BCUT2D eigenvalue weighted by atomic mass is 32.1. The van der Waals surface area contributed by atoms with Gasteiger partial charge in [0.2, 0.25) is 0 Å². The van der Waals surface area contributed by atoms with Gasteiger partial charge in [0.25, 0.3) is 0 Å². The predicted octanol–water partition coefficient (Wildman–Crippen LogP) is 3.40. The van der Waals surface area contributed by atoms with E-state index in [4.69, 9.17) is 0 Å². The third-order valence-corrected chi connectivity index (χ3v) is 4.05. The van der Waals surface area contributed by atoms with Crippen molar-refractivity contribution in [3.63, 3.8) is 0 Å². The molecule has 18 heavy (non-hydrogen) atoms. The molecule has 1 unspecified atom stereocenters. The van der Waals surface area contributed by atoms with Gasteiger partial charge in [-0.15, -0.1) is 11.3 Å². The zero-order valence-electron chi connectivity index (χ0n) is 10.9. The van der Waals surface area contributed by atoms with Gasteiger partial charge in [-0.25, -0.2) is 0 Å². The van der Waals surface area contributed by atoms with Crippen molar-refractivity contribution >= 4 is 27.2 Å². The molecule has 1 heterocycles. The van der Waals surface area contributed by atoms with E-state index in [2.05, 4.69) is 36.7 Å². The zero-order valence-corrected chi connectivity index (χ0v) is 11.7. The number of rotatable bonds is 6. The summed E-state index contributed by atoms with van der Waals surface area (Å²) in [7, 11) is 0. The van der Waals surface area contributed by atoms with Crippen LogP contribution in [-0.4, -0.2) is 18.4 Å². The van der Waals surface area contributed by atoms with Crippen molar-refractivity contribution in [3.05, 3.63) is 35.2 Å². The van der Waals surface area contributed by atoms with Crippen molar-refractivity contribution < 1.29 is 4.79 Å². The Balaban J connectivity index is 2.03. The standard InChI is InChI=1S/C15H19NOS/c1-3-16-11(2)8-13(17)9-12-10-18-15-7-5-4-6-14(12)15/h4-7,10-11,16H,3,8-9H2,1-2H3. The Morgan fingerprint density at radius 3 is 2.94 bits per heavy atom. The summed E-state index contributed by atoms with van der Waals surface area (Å²) in [6.07, 6.45) is 1.16. The van der Waals surface area contributed by atoms with E-state index in [0.29, 0.717) is 18.6 Å². The van der Waals surface area contributed by atoms with Crippen molar-refractivity contribution in [1.82, 2.24) is 5.32 Å². The van der Waals surface area contributed by atoms with Crippen LogP contribution in [0.4, 0.5) is 0 Å². The Morgan fingerprint density at radius 2 is 2.17 bits per heavy atom. The molecule has 1 aromatic heterocycles. The minimum Gasteiger partial charge on any atom is -0.314 e. The van der Waals surface area contributed by atoms with Gasteiger partial charge in [-0.3, -0.25) is 4.79 Å². The Kier molecular flexibility index (Phi) is 4.50. The van der Waals surface area contributed by atoms with Crippen LogP contribution in [0.25, 0.3) is 10.1 Å².